The van der Waals surface area contributed by atoms with Gasteiger partial charge in [0, 0.05) is 25.3 Å². The largest absolute Gasteiger partial charge is 0.416 e. The second-order valence-corrected chi connectivity index (χ2v) is 7.81. The number of alkyl halides is 3. The van der Waals surface area contributed by atoms with Crippen molar-refractivity contribution >= 4 is 5.91 Å². The molecule has 0 bridgehead atoms. The zero-order chi connectivity index (χ0) is 24.8. The number of carbonyl (C=O) groups is 1. The number of nitrogens with two attached hydrogens (primary N) is 1. The Balaban J connectivity index is 2.08. The van der Waals surface area contributed by atoms with Gasteiger partial charge in [0.25, 0.3) is 5.91 Å². The van der Waals surface area contributed by atoms with E-state index in [9.17, 15) is 23.1 Å². The molecule has 3 aromatic rings. The van der Waals surface area contributed by atoms with Gasteiger partial charge in [-0.15, -0.1) is 0 Å². The first kappa shape index (κ1) is 25.4. The summed E-state index contributed by atoms with van der Waals surface area (Å²) in [6, 6.07) is 22.3. The third-order valence-electron chi connectivity index (χ3n) is 5.51. The highest BCUT2D eigenvalue weighted by Gasteiger charge is 2.46. The number of nitrogens with zero attached hydrogens (tertiary/aromatic N) is 1. The van der Waals surface area contributed by atoms with Crippen LogP contribution in [0.5, 0.6) is 0 Å². The highest BCUT2D eigenvalue weighted by molar-refractivity contribution is 5.84. The van der Waals surface area contributed by atoms with E-state index >= 15 is 0 Å². The summed E-state index contributed by atoms with van der Waals surface area (Å²) in [6.07, 6.45) is -5.90. The number of hydrogen-bond donors (Lipinski definition) is 2. The number of carbonyl (C=O) groups excluding carboxylic acids is 1. The SMILES string of the molecule is CCOC(C(N)=O)(c1ccccc1)N(Cc1ccccc1)CC(O)c1cccc(C(F)(F)F)c1. The van der Waals surface area contributed by atoms with Crippen LogP contribution in [0.4, 0.5) is 13.2 Å². The molecule has 0 aliphatic rings. The Morgan fingerprint density at radius 1 is 0.971 bits per heavy atom. The quantitative estimate of drug-likeness (QED) is 0.423. The molecule has 0 radical (unpaired) electrons. The molecule has 0 saturated carbocycles. The first-order valence-electron chi connectivity index (χ1n) is 10.8. The van der Waals surface area contributed by atoms with E-state index < -0.39 is 29.5 Å². The normalized spacial score (nSPS) is 14.5. The molecule has 0 aliphatic carbocycles. The van der Waals surface area contributed by atoms with E-state index in [2.05, 4.69) is 0 Å². The Kier molecular flexibility index (Phi) is 8.09. The summed E-state index contributed by atoms with van der Waals surface area (Å²) in [6.45, 7) is 1.77. The average molecular weight is 473 g/mol. The molecule has 3 N–H and O–H groups in total. The highest BCUT2D eigenvalue weighted by atomic mass is 19.4. The minimum Gasteiger partial charge on any atom is -0.387 e. The average Bonchev–Trinajstić information content (AvgIpc) is 2.82. The topological polar surface area (TPSA) is 75.8 Å². The van der Waals surface area contributed by atoms with Gasteiger partial charge in [0.15, 0.2) is 0 Å². The Labute approximate surface area is 196 Å². The number of rotatable bonds is 10. The molecule has 180 valence electrons. The van der Waals surface area contributed by atoms with Crippen molar-refractivity contribution in [3.05, 3.63) is 107 Å². The van der Waals surface area contributed by atoms with Gasteiger partial charge in [0.2, 0.25) is 5.72 Å². The van der Waals surface area contributed by atoms with Crippen LogP contribution in [0.2, 0.25) is 0 Å². The van der Waals surface area contributed by atoms with E-state index in [0.717, 1.165) is 17.7 Å². The summed E-state index contributed by atoms with van der Waals surface area (Å²) in [5.74, 6) is -0.798. The van der Waals surface area contributed by atoms with Gasteiger partial charge < -0.3 is 15.6 Å². The van der Waals surface area contributed by atoms with Gasteiger partial charge in [0.05, 0.1) is 11.7 Å². The van der Waals surface area contributed by atoms with Crippen molar-refractivity contribution in [2.45, 2.75) is 31.5 Å². The zero-order valence-electron chi connectivity index (χ0n) is 18.7. The summed E-state index contributed by atoms with van der Waals surface area (Å²) in [5, 5.41) is 11.0. The fourth-order valence-corrected chi connectivity index (χ4v) is 3.94. The van der Waals surface area contributed by atoms with Crippen molar-refractivity contribution in [3.63, 3.8) is 0 Å². The Morgan fingerprint density at radius 3 is 2.12 bits per heavy atom. The Bertz CT molecular complexity index is 1080. The molecular formula is C26H27F3N2O3. The smallest absolute Gasteiger partial charge is 0.387 e. The third kappa shape index (κ3) is 5.64. The van der Waals surface area contributed by atoms with Gasteiger partial charge in [-0.2, -0.15) is 13.2 Å². The lowest BCUT2D eigenvalue weighted by Gasteiger charge is -2.42. The number of hydrogen-bond acceptors (Lipinski definition) is 4. The fraction of sp³-hybridized carbons (Fsp3) is 0.269. The first-order chi connectivity index (χ1) is 16.2. The first-order valence-corrected chi connectivity index (χ1v) is 10.8. The predicted octanol–water partition coefficient (Wildman–Crippen LogP) is 4.62. The maximum Gasteiger partial charge on any atom is 0.416 e. The predicted molar refractivity (Wildman–Crippen MR) is 122 cm³/mol. The van der Waals surface area contributed by atoms with E-state index in [1.807, 2.05) is 30.3 Å². The van der Waals surface area contributed by atoms with Gasteiger partial charge in [-0.25, -0.2) is 0 Å². The van der Waals surface area contributed by atoms with E-state index in [-0.39, 0.29) is 25.3 Å². The van der Waals surface area contributed by atoms with Crippen LogP contribution in [-0.4, -0.2) is 29.1 Å². The summed E-state index contributed by atoms with van der Waals surface area (Å²) in [7, 11) is 0. The van der Waals surface area contributed by atoms with Crippen LogP contribution >= 0.6 is 0 Å². The monoisotopic (exact) mass is 472 g/mol. The number of benzene rings is 3. The Morgan fingerprint density at radius 2 is 1.56 bits per heavy atom. The molecule has 2 unspecified atom stereocenters. The van der Waals surface area contributed by atoms with E-state index in [1.54, 1.807) is 42.2 Å². The number of aliphatic hydroxyl groups excluding tert-OH is 1. The summed E-state index contributed by atoms with van der Waals surface area (Å²) in [5.41, 5.74) is 4.61. The van der Waals surface area contributed by atoms with Crippen molar-refractivity contribution in [3.8, 4) is 0 Å². The molecule has 0 aliphatic heterocycles. The summed E-state index contributed by atoms with van der Waals surface area (Å²) < 4.78 is 45.7. The van der Waals surface area contributed by atoms with Crippen molar-refractivity contribution in [2.24, 2.45) is 5.73 Å². The van der Waals surface area contributed by atoms with Crippen LogP contribution in [-0.2, 0) is 28.0 Å². The second kappa shape index (κ2) is 10.8. The fourth-order valence-electron chi connectivity index (χ4n) is 3.94. The molecule has 0 fully saturated rings. The molecule has 2 atom stereocenters. The van der Waals surface area contributed by atoms with Crippen LogP contribution in [0.25, 0.3) is 0 Å². The van der Waals surface area contributed by atoms with E-state index in [4.69, 9.17) is 10.5 Å². The van der Waals surface area contributed by atoms with Gasteiger partial charge >= 0.3 is 6.18 Å². The van der Waals surface area contributed by atoms with Crippen LogP contribution in [0.1, 0.15) is 35.3 Å². The number of aliphatic hydroxyl groups is 1. The number of ether oxygens (including phenoxy) is 1. The lowest BCUT2D eigenvalue weighted by atomic mass is 9.96. The molecule has 3 aromatic carbocycles. The standard InChI is InChI=1S/C26H27F3N2O3/c1-2-34-25(24(30)33,21-13-7-4-8-14-21)31(17-19-10-5-3-6-11-19)18-23(32)20-12-9-15-22(16-20)26(27,28)29/h3-16,23,32H,2,17-18H2,1H3,(H2,30,33). The van der Waals surface area contributed by atoms with Crippen LogP contribution < -0.4 is 5.73 Å². The summed E-state index contributed by atoms with van der Waals surface area (Å²) >= 11 is 0. The van der Waals surface area contributed by atoms with Crippen LogP contribution in [0, 0.1) is 0 Å². The van der Waals surface area contributed by atoms with Gasteiger partial charge in [-0.1, -0.05) is 72.8 Å². The van der Waals surface area contributed by atoms with Gasteiger partial charge in [-0.05, 0) is 30.2 Å². The highest BCUT2D eigenvalue weighted by Crippen LogP contribution is 2.35. The molecule has 1 amide bonds. The van der Waals surface area contributed by atoms with Crippen molar-refractivity contribution in [2.75, 3.05) is 13.2 Å². The Hall–Kier alpha value is -3.20. The minimum atomic E-state index is -4.55. The molecule has 5 nitrogen and oxygen atoms in total. The molecule has 0 aromatic heterocycles. The summed E-state index contributed by atoms with van der Waals surface area (Å²) in [4.78, 5) is 14.5. The maximum atomic E-state index is 13.2. The number of halogens is 3. The molecule has 0 heterocycles. The zero-order valence-corrected chi connectivity index (χ0v) is 18.7. The lowest BCUT2D eigenvalue weighted by Crippen LogP contribution is -2.57. The molecule has 8 heteroatoms. The van der Waals surface area contributed by atoms with Crippen LogP contribution in [0.3, 0.4) is 0 Å². The molecule has 34 heavy (non-hydrogen) atoms. The minimum absolute atomic E-state index is 0.0656. The van der Waals surface area contributed by atoms with Crippen molar-refractivity contribution < 1.29 is 27.8 Å². The van der Waals surface area contributed by atoms with Gasteiger partial charge in [-0.3, -0.25) is 9.69 Å². The third-order valence-corrected chi connectivity index (χ3v) is 5.51. The molecule has 0 saturated heterocycles. The van der Waals surface area contributed by atoms with E-state index in [0.29, 0.717) is 5.56 Å². The molecular weight excluding hydrogens is 445 g/mol. The number of amides is 1. The maximum absolute atomic E-state index is 13.2. The number of primary amides is 1. The molecule has 3 rings (SSSR count). The second-order valence-electron chi connectivity index (χ2n) is 7.81. The van der Waals surface area contributed by atoms with Crippen LogP contribution in [0.15, 0.2) is 84.9 Å². The van der Waals surface area contributed by atoms with Crippen molar-refractivity contribution in [1.29, 1.82) is 0 Å². The van der Waals surface area contributed by atoms with Crippen molar-refractivity contribution in [1.82, 2.24) is 4.90 Å². The molecule has 0 spiro atoms. The lowest BCUT2D eigenvalue weighted by molar-refractivity contribution is -0.187. The van der Waals surface area contributed by atoms with E-state index in [1.165, 1.54) is 12.1 Å². The van der Waals surface area contributed by atoms with Gasteiger partial charge in [0.1, 0.15) is 0 Å².